The second kappa shape index (κ2) is 5.12. The molecule has 13 heavy (non-hydrogen) atoms. The lowest BCUT2D eigenvalue weighted by atomic mass is 10.2. The van der Waals surface area contributed by atoms with Crippen LogP contribution in [0.4, 0.5) is 0 Å². The van der Waals surface area contributed by atoms with E-state index in [4.69, 9.17) is 5.73 Å². The summed E-state index contributed by atoms with van der Waals surface area (Å²) < 4.78 is 0. The van der Waals surface area contributed by atoms with Gasteiger partial charge in [0, 0.05) is 23.6 Å². The number of aromatic amines is 1. The molecule has 1 aromatic heterocycles. The van der Waals surface area contributed by atoms with Gasteiger partial charge in [0.2, 0.25) is 0 Å². The molecule has 0 atom stereocenters. The molecular formula is C9H12Cl2N2. The second-order valence-electron chi connectivity index (χ2n) is 2.56. The van der Waals surface area contributed by atoms with E-state index < -0.39 is 0 Å². The zero-order chi connectivity index (χ0) is 7.68. The monoisotopic (exact) mass is 218 g/mol. The van der Waals surface area contributed by atoms with Gasteiger partial charge in [-0.3, -0.25) is 0 Å². The topological polar surface area (TPSA) is 41.8 Å². The predicted octanol–water partition coefficient (Wildman–Crippen LogP) is 2.47. The molecule has 4 heteroatoms. The van der Waals surface area contributed by atoms with Crippen LogP contribution < -0.4 is 5.73 Å². The normalized spacial score (nSPS) is 9.00. The highest BCUT2D eigenvalue weighted by atomic mass is 35.5. The summed E-state index contributed by atoms with van der Waals surface area (Å²) in [7, 11) is 0. The fourth-order valence-corrected chi connectivity index (χ4v) is 1.30. The van der Waals surface area contributed by atoms with Gasteiger partial charge in [0.25, 0.3) is 0 Å². The number of nitrogens with two attached hydrogens (primary N) is 1. The number of hydrogen-bond acceptors (Lipinski definition) is 1. The molecule has 2 nitrogen and oxygen atoms in total. The van der Waals surface area contributed by atoms with Crippen LogP contribution in [0, 0.1) is 0 Å². The maximum absolute atomic E-state index is 5.54. The van der Waals surface area contributed by atoms with Crippen molar-refractivity contribution < 1.29 is 0 Å². The van der Waals surface area contributed by atoms with Crippen molar-refractivity contribution in [3.05, 3.63) is 36.0 Å². The van der Waals surface area contributed by atoms with Crippen LogP contribution in [0.3, 0.4) is 0 Å². The summed E-state index contributed by atoms with van der Waals surface area (Å²) in [6, 6.07) is 8.16. The highest BCUT2D eigenvalue weighted by Gasteiger charge is 1.98. The van der Waals surface area contributed by atoms with Crippen molar-refractivity contribution >= 4 is 35.7 Å². The second-order valence-corrected chi connectivity index (χ2v) is 2.56. The van der Waals surface area contributed by atoms with E-state index in [1.54, 1.807) is 0 Å². The Kier molecular flexibility index (Phi) is 4.85. The molecule has 0 saturated heterocycles. The van der Waals surface area contributed by atoms with Crippen LogP contribution in [0.5, 0.6) is 0 Å². The minimum absolute atomic E-state index is 0. The molecule has 2 aromatic rings. The lowest BCUT2D eigenvalue weighted by Gasteiger charge is -1.90. The first-order valence-corrected chi connectivity index (χ1v) is 3.67. The number of H-pyrrole nitrogens is 1. The molecule has 2 rings (SSSR count). The van der Waals surface area contributed by atoms with E-state index in [9.17, 15) is 0 Å². The van der Waals surface area contributed by atoms with Crippen LogP contribution in [-0.4, -0.2) is 4.98 Å². The average molecular weight is 219 g/mol. The van der Waals surface area contributed by atoms with Gasteiger partial charge in [-0.2, -0.15) is 0 Å². The van der Waals surface area contributed by atoms with Crippen LogP contribution in [0.25, 0.3) is 10.9 Å². The summed E-state index contributed by atoms with van der Waals surface area (Å²) in [5, 5.41) is 1.23. The van der Waals surface area contributed by atoms with Crippen LogP contribution >= 0.6 is 24.8 Å². The average Bonchev–Trinajstić information content (AvgIpc) is 2.47. The number of halogens is 2. The minimum atomic E-state index is 0. The molecule has 0 bridgehead atoms. The van der Waals surface area contributed by atoms with Crippen molar-refractivity contribution in [1.29, 1.82) is 0 Å². The molecule has 0 radical (unpaired) electrons. The molecule has 1 aromatic carbocycles. The van der Waals surface area contributed by atoms with Crippen LogP contribution in [0.2, 0.25) is 0 Å². The van der Waals surface area contributed by atoms with Gasteiger partial charge < -0.3 is 10.7 Å². The molecule has 0 saturated carbocycles. The van der Waals surface area contributed by atoms with Crippen molar-refractivity contribution in [3.63, 3.8) is 0 Å². The molecule has 1 heterocycles. The first-order chi connectivity index (χ1) is 5.42. The Bertz CT molecular complexity index is 370. The van der Waals surface area contributed by atoms with Gasteiger partial charge in [0.05, 0.1) is 0 Å². The number of nitrogens with one attached hydrogen (secondary N) is 1. The minimum Gasteiger partial charge on any atom is -0.361 e. The SMILES string of the molecule is Cl.Cl.NCc1c[nH]c2ccccc12. The predicted molar refractivity (Wildman–Crippen MR) is 60.7 cm³/mol. The molecule has 0 aliphatic heterocycles. The lowest BCUT2D eigenvalue weighted by Crippen LogP contribution is -1.93. The zero-order valence-corrected chi connectivity index (χ0v) is 8.62. The molecule has 0 spiro atoms. The Balaban J connectivity index is 0.000000720. The molecule has 0 aliphatic carbocycles. The summed E-state index contributed by atoms with van der Waals surface area (Å²) in [5.74, 6) is 0. The summed E-state index contributed by atoms with van der Waals surface area (Å²) in [4.78, 5) is 3.16. The fraction of sp³-hybridized carbons (Fsp3) is 0.111. The van der Waals surface area contributed by atoms with Crippen molar-refractivity contribution in [2.24, 2.45) is 5.73 Å². The Morgan fingerprint density at radius 2 is 1.85 bits per heavy atom. The van der Waals surface area contributed by atoms with Gasteiger partial charge in [-0.1, -0.05) is 18.2 Å². The number of para-hydroxylation sites is 1. The third-order valence-electron chi connectivity index (χ3n) is 1.89. The van der Waals surface area contributed by atoms with Gasteiger partial charge in [0.15, 0.2) is 0 Å². The van der Waals surface area contributed by atoms with E-state index in [0.717, 1.165) is 5.52 Å². The summed E-state index contributed by atoms with van der Waals surface area (Å²) in [6.45, 7) is 0.601. The van der Waals surface area contributed by atoms with Crippen LogP contribution in [-0.2, 0) is 6.54 Å². The van der Waals surface area contributed by atoms with E-state index in [1.165, 1.54) is 10.9 Å². The third kappa shape index (κ3) is 2.15. The van der Waals surface area contributed by atoms with E-state index in [1.807, 2.05) is 18.3 Å². The Hall–Kier alpha value is -0.700. The van der Waals surface area contributed by atoms with Gasteiger partial charge >= 0.3 is 0 Å². The largest absolute Gasteiger partial charge is 0.361 e. The fourth-order valence-electron chi connectivity index (χ4n) is 1.30. The van der Waals surface area contributed by atoms with E-state index in [2.05, 4.69) is 17.1 Å². The molecular weight excluding hydrogens is 207 g/mol. The summed E-state index contributed by atoms with van der Waals surface area (Å²) >= 11 is 0. The first kappa shape index (κ1) is 12.3. The maximum Gasteiger partial charge on any atom is 0.0457 e. The van der Waals surface area contributed by atoms with Crippen molar-refractivity contribution in [3.8, 4) is 0 Å². The van der Waals surface area contributed by atoms with E-state index in [-0.39, 0.29) is 24.8 Å². The van der Waals surface area contributed by atoms with Crippen LogP contribution in [0.1, 0.15) is 5.56 Å². The number of fused-ring (bicyclic) bond motifs is 1. The van der Waals surface area contributed by atoms with Crippen LogP contribution in [0.15, 0.2) is 30.5 Å². The van der Waals surface area contributed by atoms with Gasteiger partial charge in [-0.25, -0.2) is 0 Å². The summed E-state index contributed by atoms with van der Waals surface area (Å²) in [5.41, 5.74) is 7.88. The van der Waals surface area contributed by atoms with E-state index in [0.29, 0.717) is 6.54 Å². The molecule has 3 N–H and O–H groups in total. The molecule has 0 unspecified atom stereocenters. The Morgan fingerprint density at radius 3 is 2.54 bits per heavy atom. The lowest BCUT2D eigenvalue weighted by molar-refractivity contribution is 1.08. The molecule has 72 valence electrons. The quantitative estimate of drug-likeness (QED) is 0.760. The zero-order valence-electron chi connectivity index (χ0n) is 6.99. The smallest absolute Gasteiger partial charge is 0.0457 e. The standard InChI is InChI=1S/C9H10N2.2ClH/c10-5-7-6-11-9-4-2-1-3-8(7)9;;/h1-4,6,11H,5,10H2;2*1H. The third-order valence-corrected chi connectivity index (χ3v) is 1.89. The van der Waals surface area contributed by atoms with Gasteiger partial charge in [0.1, 0.15) is 0 Å². The maximum atomic E-state index is 5.54. The Labute approximate surface area is 89.3 Å². The van der Waals surface area contributed by atoms with Gasteiger partial charge in [-0.05, 0) is 11.6 Å². The highest BCUT2D eigenvalue weighted by molar-refractivity contribution is 5.85. The number of hydrogen-bond donors (Lipinski definition) is 2. The Morgan fingerprint density at radius 1 is 1.15 bits per heavy atom. The highest BCUT2D eigenvalue weighted by Crippen LogP contribution is 2.16. The first-order valence-electron chi connectivity index (χ1n) is 3.67. The number of rotatable bonds is 1. The van der Waals surface area contributed by atoms with Crippen molar-refractivity contribution in [1.82, 2.24) is 4.98 Å². The van der Waals surface area contributed by atoms with Gasteiger partial charge in [-0.15, -0.1) is 24.8 Å². The van der Waals surface area contributed by atoms with E-state index >= 15 is 0 Å². The summed E-state index contributed by atoms with van der Waals surface area (Å²) in [6.07, 6.45) is 1.96. The molecule has 0 aliphatic rings. The number of benzene rings is 1. The van der Waals surface area contributed by atoms with Crippen molar-refractivity contribution in [2.45, 2.75) is 6.54 Å². The number of aromatic nitrogens is 1. The van der Waals surface area contributed by atoms with Crippen molar-refractivity contribution in [2.75, 3.05) is 0 Å². The molecule has 0 fully saturated rings. The molecule has 0 amide bonds.